The van der Waals surface area contributed by atoms with Crippen LogP contribution >= 0.6 is 0 Å². The largest absolute Gasteiger partial charge is 0.450 e. The first-order valence-corrected chi connectivity index (χ1v) is 8.89. The maximum absolute atomic E-state index is 14.4. The van der Waals surface area contributed by atoms with Gasteiger partial charge in [0.1, 0.15) is 11.4 Å². The molecular weight excluding hydrogens is 331 g/mol. The standard InChI is InChI=1S/C21H21FN2O2/c1-13-6-5-7-16-14(2)20(26-19(13)16)21(25)23-15-8-9-18(17(22)12-15)24-10-3-4-11-24/h5-9,12H,3-4,10-11H2,1-2H3,(H,23,25). The van der Waals surface area contributed by atoms with Crippen molar-refractivity contribution in [2.24, 2.45) is 0 Å². The fraction of sp³-hybridized carbons (Fsp3) is 0.286. The summed E-state index contributed by atoms with van der Waals surface area (Å²) in [4.78, 5) is 14.7. The number of benzene rings is 2. The van der Waals surface area contributed by atoms with Gasteiger partial charge in [-0.2, -0.15) is 0 Å². The third-order valence-electron chi connectivity index (χ3n) is 5.02. The number of nitrogens with one attached hydrogen (secondary N) is 1. The van der Waals surface area contributed by atoms with Gasteiger partial charge in [0.25, 0.3) is 5.91 Å². The van der Waals surface area contributed by atoms with Gasteiger partial charge in [0, 0.05) is 29.7 Å². The number of furan rings is 1. The smallest absolute Gasteiger partial charge is 0.291 e. The first-order valence-electron chi connectivity index (χ1n) is 8.89. The van der Waals surface area contributed by atoms with Gasteiger partial charge in [0.15, 0.2) is 5.76 Å². The molecule has 0 aliphatic carbocycles. The topological polar surface area (TPSA) is 45.5 Å². The van der Waals surface area contributed by atoms with Gasteiger partial charge in [-0.05, 0) is 50.5 Å². The number of carbonyl (C=O) groups is 1. The number of aryl methyl sites for hydroxylation is 2. The number of hydrogen-bond donors (Lipinski definition) is 1. The first kappa shape index (κ1) is 16.6. The number of nitrogens with zero attached hydrogens (tertiary/aromatic N) is 1. The Kier molecular flexibility index (Phi) is 4.15. The molecule has 0 saturated carbocycles. The molecule has 1 fully saturated rings. The second kappa shape index (κ2) is 6.48. The number of fused-ring (bicyclic) bond motifs is 1. The molecule has 0 bridgehead atoms. The van der Waals surface area contributed by atoms with Gasteiger partial charge in [-0.1, -0.05) is 18.2 Å². The molecule has 1 aliphatic rings. The average molecular weight is 352 g/mol. The van der Waals surface area contributed by atoms with Crippen LogP contribution in [-0.2, 0) is 0 Å². The number of rotatable bonds is 3. The minimum Gasteiger partial charge on any atom is -0.450 e. The molecule has 1 aliphatic heterocycles. The third-order valence-corrected chi connectivity index (χ3v) is 5.02. The number of carbonyl (C=O) groups excluding carboxylic acids is 1. The monoisotopic (exact) mass is 352 g/mol. The lowest BCUT2D eigenvalue weighted by Crippen LogP contribution is -2.19. The lowest BCUT2D eigenvalue weighted by atomic mass is 10.1. The van der Waals surface area contributed by atoms with E-state index >= 15 is 0 Å². The SMILES string of the molecule is Cc1c(C(=O)Nc2ccc(N3CCCC3)c(F)c2)oc2c(C)cccc12. The molecule has 26 heavy (non-hydrogen) atoms. The molecule has 4 rings (SSSR count). The lowest BCUT2D eigenvalue weighted by Gasteiger charge is -2.18. The summed E-state index contributed by atoms with van der Waals surface area (Å²) in [6, 6.07) is 10.6. The normalized spacial score (nSPS) is 14.2. The highest BCUT2D eigenvalue weighted by Crippen LogP contribution is 2.29. The first-order chi connectivity index (χ1) is 12.5. The molecule has 1 amide bonds. The fourth-order valence-corrected chi connectivity index (χ4v) is 3.59. The summed E-state index contributed by atoms with van der Waals surface area (Å²) in [5, 5.41) is 3.67. The molecule has 0 atom stereocenters. The molecule has 1 saturated heterocycles. The molecule has 1 aromatic heterocycles. The van der Waals surface area contributed by atoms with Gasteiger partial charge in [-0.25, -0.2) is 4.39 Å². The van der Waals surface area contributed by atoms with Crippen LogP contribution in [0.3, 0.4) is 0 Å². The van der Waals surface area contributed by atoms with Crippen LogP contribution in [0.15, 0.2) is 40.8 Å². The molecule has 0 radical (unpaired) electrons. The molecule has 0 spiro atoms. The maximum atomic E-state index is 14.4. The van der Waals surface area contributed by atoms with Crippen LogP contribution in [0.5, 0.6) is 0 Å². The molecule has 0 unspecified atom stereocenters. The van der Waals surface area contributed by atoms with Crippen molar-refractivity contribution in [2.75, 3.05) is 23.3 Å². The van der Waals surface area contributed by atoms with Gasteiger partial charge in [0.2, 0.25) is 0 Å². The predicted molar refractivity (Wildman–Crippen MR) is 101 cm³/mol. The summed E-state index contributed by atoms with van der Waals surface area (Å²) in [6.07, 6.45) is 2.17. The second-order valence-corrected chi connectivity index (χ2v) is 6.82. The van der Waals surface area contributed by atoms with Crippen LogP contribution in [0.1, 0.15) is 34.5 Å². The fourth-order valence-electron chi connectivity index (χ4n) is 3.59. The second-order valence-electron chi connectivity index (χ2n) is 6.82. The zero-order valence-corrected chi connectivity index (χ0v) is 14.9. The molecular formula is C21H21FN2O2. The molecule has 4 nitrogen and oxygen atoms in total. The summed E-state index contributed by atoms with van der Waals surface area (Å²) in [5.41, 5.74) is 3.50. The van der Waals surface area contributed by atoms with E-state index in [0.717, 1.165) is 42.4 Å². The van der Waals surface area contributed by atoms with Crippen molar-refractivity contribution in [3.8, 4) is 0 Å². The van der Waals surface area contributed by atoms with Crippen molar-refractivity contribution in [1.29, 1.82) is 0 Å². The van der Waals surface area contributed by atoms with E-state index in [-0.39, 0.29) is 17.5 Å². The number of halogens is 1. The summed E-state index contributed by atoms with van der Waals surface area (Å²) in [6.45, 7) is 5.55. The average Bonchev–Trinajstić information content (AvgIpc) is 3.25. The quantitative estimate of drug-likeness (QED) is 0.718. The van der Waals surface area contributed by atoms with Gasteiger partial charge in [0.05, 0.1) is 5.69 Å². The van der Waals surface area contributed by atoms with Crippen LogP contribution in [0.4, 0.5) is 15.8 Å². The maximum Gasteiger partial charge on any atom is 0.291 e. The van der Waals surface area contributed by atoms with Crippen LogP contribution in [0.2, 0.25) is 0 Å². The van der Waals surface area contributed by atoms with E-state index in [1.165, 1.54) is 6.07 Å². The highest BCUT2D eigenvalue weighted by molar-refractivity contribution is 6.06. The van der Waals surface area contributed by atoms with Crippen molar-refractivity contribution < 1.29 is 13.6 Å². The van der Waals surface area contributed by atoms with E-state index < -0.39 is 0 Å². The van der Waals surface area contributed by atoms with E-state index in [4.69, 9.17) is 4.42 Å². The van der Waals surface area contributed by atoms with Crippen molar-refractivity contribution in [3.05, 3.63) is 59.1 Å². The highest BCUT2D eigenvalue weighted by Gasteiger charge is 2.20. The van der Waals surface area contributed by atoms with E-state index in [2.05, 4.69) is 5.32 Å². The minimum absolute atomic E-state index is 0.262. The Bertz CT molecular complexity index is 987. The van der Waals surface area contributed by atoms with Crippen LogP contribution in [0.25, 0.3) is 11.0 Å². The Morgan fingerprint density at radius 1 is 1.15 bits per heavy atom. The van der Waals surface area contributed by atoms with E-state index in [0.29, 0.717) is 17.0 Å². The zero-order chi connectivity index (χ0) is 18.3. The molecule has 3 aromatic rings. The van der Waals surface area contributed by atoms with Gasteiger partial charge in [-0.15, -0.1) is 0 Å². The van der Waals surface area contributed by atoms with Gasteiger partial charge in [-0.3, -0.25) is 4.79 Å². The summed E-state index contributed by atoms with van der Waals surface area (Å²) < 4.78 is 20.2. The van der Waals surface area contributed by atoms with Crippen LogP contribution in [-0.4, -0.2) is 19.0 Å². The third kappa shape index (κ3) is 2.83. The predicted octanol–water partition coefficient (Wildman–Crippen LogP) is 5.04. The van der Waals surface area contributed by atoms with Crippen molar-refractivity contribution in [3.63, 3.8) is 0 Å². The van der Waals surface area contributed by atoms with E-state index in [1.54, 1.807) is 12.1 Å². The molecule has 2 heterocycles. The molecule has 5 heteroatoms. The summed E-state index contributed by atoms with van der Waals surface area (Å²) in [7, 11) is 0. The van der Waals surface area contributed by atoms with Crippen molar-refractivity contribution in [1.82, 2.24) is 0 Å². The summed E-state index contributed by atoms with van der Waals surface area (Å²) >= 11 is 0. The summed E-state index contributed by atoms with van der Waals surface area (Å²) in [5.74, 6) is -0.424. The lowest BCUT2D eigenvalue weighted by molar-refractivity contribution is 0.0998. The van der Waals surface area contributed by atoms with Gasteiger partial charge < -0.3 is 14.6 Å². The Hall–Kier alpha value is -2.82. The number of para-hydroxylation sites is 1. The van der Waals surface area contributed by atoms with Crippen molar-refractivity contribution in [2.45, 2.75) is 26.7 Å². The Balaban J connectivity index is 1.59. The zero-order valence-electron chi connectivity index (χ0n) is 14.9. The minimum atomic E-state index is -0.369. The molecule has 2 aromatic carbocycles. The Morgan fingerprint density at radius 2 is 1.92 bits per heavy atom. The van der Waals surface area contributed by atoms with Crippen LogP contribution in [0, 0.1) is 19.7 Å². The van der Waals surface area contributed by atoms with Crippen LogP contribution < -0.4 is 10.2 Å². The van der Waals surface area contributed by atoms with Gasteiger partial charge >= 0.3 is 0 Å². The number of amides is 1. The van der Waals surface area contributed by atoms with Crippen molar-refractivity contribution >= 4 is 28.3 Å². The molecule has 1 N–H and O–H groups in total. The van der Waals surface area contributed by atoms with E-state index in [9.17, 15) is 9.18 Å². The number of anilines is 2. The highest BCUT2D eigenvalue weighted by atomic mass is 19.1. The number of hydrogen-bond acceptors (Lipinski definition) is 3. The Labute approximate surface area is 151 Å². The van der Waals surface area contributed by atoms with E-state index in [1.807, 2.05) is 36.9 Å². The molecule has 134 valence electrons. The Morgan fingerprint density at radius 3 is 2.62 bits per heavy atom.